The van der Waals surface area contributed by atoms with Crippen molar-refractivity contribution in [3.05, 3.63) is 64.7 Å². The fourth-order valence-corrected chi connectivity index (χ4v) is 2.49. The Bertz CT molecular complexity index is 674. The molecule has 0 aliphatic rings. The molecule has 24 heavy (non-hydrogen) atoms. The average Bonchev–Trinajstić information content (AvgIpc) is 2.53. The average molecular weight is 348 g/mol. The number of benzene rings is 2. The van der Waals surface area contributed by atoms with Gasteiger partial charge in [-0.05, 0) is 49.5 Å². The van der Waals surface area contributed by atoms with Crippen molar-refractivity contribution in [2.45, 2.75) is 12.6 Å². The normalized spacial score (nSPS) is 12.0. The quantitative estimate of drug-likeness (QED) is 0.751. The van der Waals surface area contributed by atoms with Gasteiger partial charge >= 0.3 is 6.03 Å². The van der Waals surface area contributed by atoms with Crippen molar-refractivity contribution in [3.8, 4) is 0 Å². The number of rotatable bonds is 6. The van der Waals surface area contributed by atoms with Gasteiger partial charge in [-0.25, -0.2) is 4.79 Å². The lowest BCUT2D eigenvalue weighted by molar-refractivity contribution is 0.225. The Morgan fingerprint density at radius 3 is 2.54 bits per heavy atom. The Morgan fingerprint density at radius 1 is 1.21 bits per heavy atom. The first-order valence-corrected chi connectivity index (χ1v) is 8.03. The highest BCUT2D eigenvalue weighted by Gasteiger charge is 2.13. The van der Waals surface area contributed by atoms with Crippen LogP contribution in [0.15, 0.2) is 48.5 Å². The Labute approximate surface area is 147 Å². The largest absolute Gasteiger partial charge is 0.394 e. The van der Waals surface area contributed by atoms with Gasteiger partial charge in [0.05, 0.1) is 12.6 Å². The number of hydrogen-bond acceptors (Lipinski definition) is 3. The van der Waals surface area contributed by atoms with Crippen LogP contribution in [-0.4, -0.2) is 36.7 Å². The fourth-order valence-electron chi connectivity index (χ4n) is 2.37. The van der Waals surface area contributed by atoms with Crippen LogP contribution >= 0.6 is 11.6 Å². The maximum atomic E-state index is 12.2. The first kappa shape index (κ1) is 18.3. The minimum atomic E-state index is -0.493. The number of carbonyl (C=O) groups is 1. The first-order valence-electron chi connectivity index (χ1n) is 7.65. The number of nitrogens with one attached hydrogen (secondary N) is 2. The molecule has 3 N–H and O–H groups in total. The molecule has 1 unspecified atom stereocenters. The molecule has 2 amide bonds. The third-order valence-electron chi connectivity index (χ3n) is 3.44. The SMILES string of the molecule is CN(C)Cc1cccc(NC(=O)NC(CO)c2ccc(Cl)cc2)c1. The highest BCUT2D eigenvalue weighted by Crippen LogP contribution is 2.17. The number of halogens is 1. The van der Waals surface area contributed by atoms with Gasteiger partial charge in [-0.15, -0.1) is 0 Å². The molecule has 0 bridgehead atoms. The van der Waals surface area contributed by atoms with E-state index in [2.05, 4.69) is 15.5 Å². The van der Waals surface area contributed by atoms with Crippen molar-refractivity contribution in [1.29, 1.82) is 0 Å². The molecule has 1 atom stereocenters. The summed E-state index contributed by atoms with van der Waals surface area (Å²) in [6.07, 6.45) is 0. The zero-order valence-corrected chi connectivity index (χ0v) is 14.5. The third kappa shape index (κ3) is 5.53. The van der Waals surface area contributed by atoms with Gasteiger partial charge in [-0.1, -0.05) is 35.9 Å². The van der Waals surface area contributed by atoms with Gasteiger partial charge < -0.3 is 20.6 Å². The van der Waals surface area contributed by atoms with E-state index >= 15 is 0 Å². The summed E-state index contributed by atoms with van der Waals surface area (Å²) < 4.78 is 0. The molecule has 0 aliphatic carbocycles. The van der Waals surface area contributed by atoms with E-state index in [1.807, 2.05) is 38.4 Å². The Hall–Kier alpha value is -2.08. The summed E-state index contributed by atoms with van der Waals surface area (Å²) in [7, 11) is 3.98. The van der Waals surface area contributed by atoms with Crippen molar-refractivity contribution in [2.75, 3.05) is 26.0 Å². The van der Waals surface area contributed by atoms with Gasteiger partial charge in [0.2, 0.25) is 0 Å². The van der Waals surface area contributed by atoms with E-state index in [-0.39, 0.29) is 12.6 Å². The molecule has 6 heteroatoms. The van der Waals surface area contributed by atoms with E-state index in [1.54, 1.807) is 24.3 Å². The zero-order chi connectivity index (χ0) is 17.5. The van der Waals surface area contributed by atoms with Gasteiger partial charge in [0.25, 0.3) is 0 Å². The number of hydrogen-bond donors (Lipinski definition) is 3. The number of aliphatic hydroxyl groups excluding tert-OH is 1. The molecule has 2 aromatic carbocycles. The summed E-state index contributed by atoms with van der Waals surface area (Å²) in [5, 5.41) is 15.7. The van der Waals surface area contributed by atoms with Crippen LogP contribution in [0.1, 0.15) is 17.2 Å². The van der Waals surface area contributed by atoms with E-state index in [1.165, 1.54) is 0 Å². The molecular formula is C18H22ClN3O2. The Balaban J connectivity index is 2.00. The van der Waals surface area contributed by atoms with E-state index in [9.17, 15) is 9.90 Å². The van der Waals surface area contributed by atoms with Crippen LogP contribution in [0.3, 0.4) is 0 Å². The Morgan fingerprint density at radius 2 is 1.92 bits per heavy atom. The van der Waals surface area contributed by atoms with E-state index in [0.717, 1.165) is 17.7 Å². The number of nitrogens with zero attached hydrogens (tertiary/aromatic N) is 1. The van der Waals surface area contributed by atoms with Crippen LogP contribution in [0, 0.1) is 0 Å². The molecule has 5 nitrogen and oxygen atoms in total. The molecule has 0 heterocycles. The second-order valence-corrected chi connectivity index (χ2v) is 6.26. The number of carbonyl (C=O) groups excluding carboxylic acids is 1. The molecule has 0 fully saturated rings. The van der Waals surface area contributed by atoms with Crippen molar-refractivity contribution in [1.82, 2.24) is 10.2 Å². The van der Waals surface area contributed by atoms with E-state index in [4.69, 9.17) is 11.6 Å². The first-order chi connectivity index (χ1) is 11.5. The van der Waals surface area contributed by atoms with Gasteiger partial charge in [0.15, 0.2) is 0 Å². The summed E-state index contributed by atoms with van der Waals surface area (Å²) in [4.78, 5) is 14.2. The molecule has 0 aliphatic heterocycles. The number of aliphatic hydroxyl groups is 1. The van der Waals surface area contributed by atoms with Crippen LogP contribution < -0.4 is 10.6 Å². The van der Waals surface area contributed by atoms with Gasteiger partial charge in [-0.3, -0.25) is 0 Å². The second kappa shape index (κ2) is 8.68. The van der Waals surface area contributed by atoms with Crippen LogP contribution in [0.25, 0.3) is 0 Å². The van der Waals surface area contributed by atoms with Crippen molar-refractivity contribution >= 4 is 23.3 Å². The molecule has 0 radical (unpaired) electrons. The van der Waals surface area contributed by atoms with Crippen molar-refractivity contribution in [3.63, 3.8) is 0 Å². The zero-order valence-electron chi connectivity index (χ0n) is 13.8. The monoisotopic (exact) mass is 347 g/mol. The van der Waals surface area contributed by atoms with E-state index < -0.39 is 6.04 Å². The number of amides is 2. The standard InChI is InChI=1S/C18H22ClN3O2/c1-22(2)11-13-4-3-5-16(10-13)20-18(24)21-17(12-23)14-6-8-15(19)9-7-14/h3-10,17,23H,11-12H2,1-2H3,(H2,20,21,24). The molecule has 128 valence electrons. The van der Waals surface area contributed by atoms with Crippen LogP contribution in [-0.2, 0) is 6.54 Å². The minimum Gasteiger partial charge on any atom is -0.394 e. The lowest BCUT2D eigenvalue weighted by atomic mass is 10.1. The van der Waals surface area contributed by atoms with Crippen LogP contribution in [0.2, 0.25) is 5.02 Å². The second-order valence-electron chi connectivity index (χ2n) is 5.82. The maximum Gasteiger partial charge on any atom is 0.319 e. The topological polar surface area (TPSA) is 64.6 Å². The molecule has 0 aromatic heterocycles. The van der Waals surface area contributed by atoms with Gasteiger partial charge in [-0.2, -0.15) is 0 Å². The molecule has 0 saturated carbocycles. The molecule has 2 rings (SSSR count). The third-order valence-corrected chi connectivity index (χ3v) is 3.70. The predicted octanol–water partition coefficient (Wildman–Crippen LogP) is 3.26. The number of anilines is 1. The smallest absolute Gasteiger partial charge is 0.319 e. The van der Waals surface area contributed by atoms with E-state index in [0.29, 0.717) is 10.7 Å². The van der Waals surface area contributed by atoms with Gasteiger partial charge in [0, 0.05) is 17.3 Å². The summed E-state index contributed by atoms with van der Waals surface area (Å²) >= 11 is 5.86. The molecular weight excluding hydrogens is 326 g/mol. The summed E-state index contributed by atoms with van der Waals surface area (Å²) in [6.45, 7) is 0.594. The van der Waals surface area contributed by atoms with Crippen molar-refractivity contribution < 1.29 is 9.90 Å². The minimum absolute atomic E-state index is 0.199. The molecule has 0 spiro atoms. The van der Waals surface area contributed by atoms with Crippen LogP contribution in [0.5, 0.6) is 0 Å². The summed E-state index contributed by atoms with van der Waals surface area (Å²) in [5.41, 5.74) is 2.60. The van der Waals surface area contributed by atoms with Crippen molar-refractivity contribution in [2.24, 2.45) is 0 Å². The maximum absolute atomic E-state index is 12.2. The highest BCUT2D eigenvalue weighted by atomic mass is 35.5. The number of urea groups is 1. The highest BCUT2D eigenvalue weighted by molar-refractivity contribution is 6.30. The Kier molecular flexibility index (Phi) is 6.61. The summed E-state index contributed by atoms with van der Waals surface area (Å²) in [5.74, 6) is 0. The fraction of sp³-hybridized carbons (Fsp3) is 0.278. The summed E-state index contributed by atoms with van der Waals surface area (Å²) in [6, 6.07) is 13.8. The lowest BCUT2D eigenvalue weighted by Crippen LogP contribution is -2.34. The van der Waals surface area contributed by atoms with Crippen LogP contribution in [0.4, 0.5) is 10.5 Å². The van der Waals surface area contributed by atoms with Gasteiger partial charge in [0.1, 0.15) is 0 Å². The predicted molar refractivity (Wildman–Crippen MR) is 97.3 cm³/mol. The lowest BCUT2D eigenvalue weighted by Gasteiger charge is -2.18. The molecule has 2 aromatic rings. The molecule has 0 saturated heterocycles.